The van der Waals surface area contributed by atoms with Crippen LogP contribution < -0.4 is 10.9 Å². The van der Waals surface area contributed by atoms with Crippen LogP contribution in [0.15, 0.2) is 71.8 Å². The third-order valence-electron chi connectivity index (χ3n) is 3.74. The molecule has 0 spiro atoms. The maximum Gasteiger partial charge on any atom is 0.253 e. The van der Waals surface area contributed by atoms with Crippen molar-refractivity contribution in [3.63, 3.8) is 0 Å². The number of hydrogen-bond donors (Lipinski definition) is 1. The summed E-state index contributed by atoms with van der Waals surface area (Å²) in [4.78, 5) is 16.5. The topological polar surface area (TPSA) is 46.9 Å². The van der Waals surface area contributed by atoms with Gasteiger partial charge in [0.05, 0.1) is 6.54 Å². The van der Waals surface area contributed by atoms with Crippen LogP contribution in [0.25, 0.3) is 0 Å². The second-order valence-electron chi connectivity index (χ2n) is 5.51. The summed E-state index contributed by atoms with van der Waals surface area (Å²) in [6.07, 6.45) is 3.56. The second kappa shape index (κ2) is 6.92. The van der Waals surface area contributed by atoms with E-state index in [9.17, 15) is 4.79 Å². The molecule has 3 rings (SSSR count). The lowest BCUT2D eigenvalue weighted by Gasteiger charge is -2.13. The molecule has 23 heavy (non-hydrogen) atoms. The minimum Gasteiger partial charge on any atom is -0.381 e. The molecule has 0 amide bonds. The number of aromatic nitrogens is 2. The second-order valence-corrected chi connectivity index (χ2v) is 5.51. The summed E-state index contributed by atoms with van der Waals surface area (Å²) in [5.74, 6) is 0. The van der Waals surface area contributed by atoms with Crippen molar-refractivity contribution in [3.05, 3.63) is 94.2 Å². The molecule has 2 heterocycles. The fraction of sp³-hybridized carbons (Fsp3) is 0.158. The van der Waals surface area contributed by atoms with Crippen molar-refractivity contribution in [3.8, 4) is 0 Å². The number of nitrogens with zero attached hydrogens (tertiary/aromatic N) is 2. The number of hydrogen-bond acceptors (Lipinski definition) is 3. The summed E-state index contributed by atoms with van der Waals surface area (Å²) in [5.41, 5.74) is 3.98. The number of anilines is 1. The average molecular weight is 305 g/mol. The van der Waals surface area contributed by atoms with E-state index in [0.29, 0.717) is 13.1 Å². The van der Waals surface area contributed by atoms with E-state index >= 15 is 0 Å². The molecule has 4 heteroatoms. The van der Waals surface area contributed by atoms with Crippen LogP contribution in [-0.2, 0) is 13.1 Å². The summed E-state index contributed by atoms with van der Waals surface area (Å²) < 4.78 is 1.78. The van der Waals surface area contributed by atoms with Crippen molar-refractivity contribution in [2.24, 2.45) is 0 Å². The number of pyridine rings is 2. The smallest absolute Gasteiger partial charge is 0.253 e. The van der Waals surface area contributed by atoms with Crippen molar-refractivity contribution in [1.82, 2.24) is 9.55 Å². The van der Waals surface area contributed by atoms with Gasteiger partial charge in [-0.05, 0) is 30.2 Å². The zero-order valence-corrected chi connectivity index (χ0v) is 13.1. The van der Waals surface area contributed by atoms with E-state index in [-0.39, 0.29) is 5.56 Å². The largest absolute Gasteiger partial charge is 0.381 e. The Kier molecular flexibility index (Phi) is 4.52. The van der Waals surface area contributed by atoms with Gasteiger partial charge in [-0.15, -0.1) is 0 Å². The molecule has 0 radical (unpaired) electrons. The van der Waals surface area contributed by atoms with Gasteiger partial charge in [-0.2, -0.15) is 0 Å². The molecule has 1 N–H and O–H groups in total. The lowest BCUT2D eigenvalue weighted by Crippen LogP contribution is -2.22. The van der Waals surface area contributed by atoms with E-state index in [0.717, 1.165) is 22.5 Å². The number of aryl methyl sites for hydroxylation is 1. The van der Waals surface area contributed by atoms with Crippen LogP contribution in [0.4, 0.5) is 5.69 Å². The normalized spacial score (nSPS) is 10.5. The lowest BCUT2D eigenvalue weighted by molar-refractivity contribution is 0.730. The van der Waals surface area contributed by atoms with Crippen LogP contribution in [0.2, 0.25) is 0 Å². The van der Waals surface area contributed by atoms with Crippen LogP contribution in [-0.4, -0.2) is 9.55 Å². The molecule has 0 saturated carbocycles. The molecule has 4 nitrogen and oxygen atoms in total. The molecular weight excluding hydrogens is 286 g/mol. The number of nitrogens with one attached hydrogen (secondary N) is 1. The Balaban J connectivity index is 1.76. The van der Waals surface area contributed by atoms with Gasteiger partial charge in [-0.3, -0.25) is 9.78 Å². The summed E-state index contributed by atoms with van der Waals surface area (Å²) in [7, 11) is 0. The zero-order chi connectivity index (χ0) is 16.1. The molecule has 0 bridgehead atoms. The highest BCUT2D eigenvalue weighted by Crippen LogP contribution is 2.11. The van der Waals surface area contributed by atoms with E-state index in [4.69, 9.17) is 0 Å². The number of benzene rings is 1. The van der Waals surface area contributed by atoms with Crippen LogP contribution in [0, 0.1) is 6.92 Å². The van der Waals surface area contributed by atoms with Gasteiger partial charge < -0.3 is 9.88 Å². The highest BCUT2D eigenvalue weighted by molar-refractivity contribution is 5.44. The van der Waals surface area contributed by atoms with Crippen LogP contribution in [0.3, 0.4) is 0 Å². The predicted octanol–water partition coefficient (Wildman–Crippen LogP) is 3.21. The molecule has 0 aliphatic carbocycles. The van der Waals surface area contributed by atoms with Crippen molar-refractivity contribution in [2.75, 3.05) is 5.32 Å². The summed E-state index contributed by atoms with van der Waals surface area (Å²) >= 11 is 0. The van der Waals surface area contributed by atoms with Gasteiger partial charge in [0, 0.05) is 36.4 Å². The Morgan fingerprint density at radius 3 is 2.52 bits per heavy atom. The first kappa shape index (κ1) is 15.0. The van der Waals surface area contributed by atoms with Gasteiger partial charge in [-0.1, -0.05) is 36.4 Å². The Hall–Kier alpha value is -2.88. The Labute approximate surface area is 135 Å². The maximum absolute atomic E-state index is 12.4. The molecule has 0 unspecified atom stereocenters. The zero-order valence-electron chi connectivity index (χ0n) is 13.1. The van der Waals surface area contributed by atoms with Gasteiger partial charge in [0.2, 0.25) is 0 Å². The van der Waals surface area contributed by atoms with E-state index in [1.165, 1.54) is 0 Å². The van der Waals surface area contributed by atoms with Gasteiger partial charge in [0.15, 0.2) is 0 Å². The van der Waals surface area contributed by atoms with E-state index in [2.05, 4.69) is 10.3 Å². The molecule has 0 saturated heterocycles. The van der Waals surface area contributed by atoms with Gasteiger partial charge >= 0.3 is 0 Å². The predicted molar refractivity (Wildman–Crippen MR) is 92.5 cm³/mol. The van der Waals surface area contributed by atoms with Crippen molar-refractivity contribution in [2.45, 2.75) is 20.0 Å². The molecule has 2 aromatic heterocycles. The average Bonchev–Trinajstić information content (AvgIpc) is 2.58. The van der Waals surface area contributed by atoms with Gasteiger partial charge in [0.25, 0.3) is 5.56 Å². The quantitative estimate of drug-likeness (QED) is 0.787. The van der Waals surface area contributed by atoms with Crippen molar-refractivity contribution in [1.29, 1.82) is 0 Å². The fourth-order valence-electron chi connectivity index (χ4n) is 2.51. The fourth-order valence-corrected chi connectivity index (χ4v) is 2.51. The highest BCUT2D eigenvalue weighted by atomic mass is 16.1. The molecule has 1 aromatic carbocycles. The Morgan fingerprint density at radius 2 is 1.83 bits per heavy atom. The lowest BCUT2D eigenvalue weighted by atomic mass is 10.2. The molecule has 116 valence electrons. The van der Waals surface area contributed by atoms with Crippen LogP contribution >= 0.6 is 0 Å². The van der Waals surface area contributed by atoms with Crippen molar-refractivity contribution < 1.29 is 0 Å². The molecule has 0 atom stereocenters. The first-order chi connectivity index (χ1) is 11.2. The summed E-state index contributed by atoms with van der Waals surface area (Å²) in [6.45, 7) is 3.20. The van der Waals surface area contributed by atoms with E-state index in [1.54, 1.807) is 16.8 Å². The first-order valence-electron chi connectivity index (χ1n) is 7.60. The first-order valence-corrected chi connectivity index (χ1v) is 7.60. The van der Waals surface area contributed by atoms with Gasteiger partial charge in [0.1, 0.15) is 0 Å². The monoisotopic (exact) mass is 305 g/mol. The van der Waals surface area contributed by atoms with E-state index < -0.39 is 0 Å². The number of rotatable bonds is 5. The SMILES string of the molecule is Cc1cc(NCc2cccnc2)cc(=O)n1Cc1ccccc1. The summed E-state index contributed by atoms with van der Waals surface area (Å²) in [5, 5.41) is 3.28. The van der Waals surface area contributed by atoms with Crippen molar-refractivity contribution >= 4 is 5.69 Å². The van der Waals surface area contributed by atoms with Crippen LogP contribution in [0.1, 0.15) is 16.8 Å². The third-order valence-corrected chi connectivity index (χ3v) is 3.74. The molecule has 0 aliphatic rings. The highest BCUT2D eigenvalue weighted by Gasteiger charge is 2.04. The minimum atomic E-state index is 0.00235. The third kappa shape index (κ3) is 3.86. The molecule has 3 aromatic rings. The Bertz CT molecular complexity index is 826. The Morgan fingerprint density at radius 1 is 1.04 bits per heavy atom. The standard InChI is InChI=1S/C19H19N3O/c1-15-10-18(21-13-17-8-5-9-20-12-17)11-19(23)22(15)14-16-6-3-2-4-7-16/h2-12,21H,13-14H2,1H3. The van der Waals surface area contributed by atoms with E-state index in [1.807, 2.05) is 61.7 Å². The van der Waals surface area contributed by atoms with Gasteiger partial charge in [-0.25, -0.2) is 0 Å². The van der Waals surface area contributed by atoms with Crippen LogP contribution in [0.5, 0.6) is 0 Å². The minimum absolute atomic E-state index is 0.00235. The molecule has 0 aliphatic heterocycles. The molecular formula is C19H19N3O. The maximum atomic E-state index is 12.4. The molecule has 0 fully saturated rings. The summed E-state index contributed by atoms with van der Waals surface area (Å²) in [6, 6.07) is 17.6.